The molecule has 1 aliphatic rings. The molecule has 1 heterocycles. The summed E-state index contributed by atoms with van der Waals surface area (Å²) in [4.78, 5) is 11.8. The largest absolute Gasteiger partial charge is 0.486 e. The molecular formula is C12H16N2O3. The summed E-state index contributed by atoms with van der Waals surface area (Å²) in [5.41, 5.74) is 6.00. The maximum absolute atomic E-state index is 11.8. The van der Waals surface area contributed by atoms with Crippen LogP contribution in [0.5, 0.6) is 11.5 Å². The number of rotatable bonds is 3. The normalized spacial score (nSPS) is 15.2. The summed E-state index contributed by atoms with van der Waals surface area (Å²) in [6.45, 7) is 3.33. The summed E-state index contributed by atoms with van der Waals surface area (Å²) in [7, 11) is 0. The van der Waals surface area contributed by atoms with Crippen molar-refractivity contribution >= 4 is 5.91 Å². The minimum absolute atomic E-state index is 0.0456. The van der Waals surface area contributed by atoms with E-state index < -0.39 is 0 Å². The van der Waals surface area contributed by atoms with E-state index in [-0.39, 0.29) is 11.9 Å². The third kappa shape index (κ3) is 2.68. The van der Waals surface area contributed by atoms with Gasteiger partial charge in [0.1, 0.15) is 13.2 Å². The first-order valence-corrected chi connectivity index (χ1v) is 5.61. The lowest BCUT2D eigenvalue weighted by molar-refractivity contribution is 0.0940. The fraction of sp³-hybridized carbons (Fsp3) is 0.417. The van der Waals surface area contributed by atoms with Crippen molar-refractivity contribution in [2.24, 2.45) is 5.73 Å². The molecule has 2 rings (SSSR count). The minimum Gasteiger partial charge on any atom is -0.486 e. The number of hydrogen-bond donors (Lipinski definition) is 2. The second-order valence-electron chi connectivity index (χ2n) is 3.97. The van der Waals surface area contributed by atoms with Crippen molar-refractivity contribution in [1.82, 2.24) is 5.32 Å². The van der Waals surface area contributed by atoms with Crippen LogP contribution in [-0.2, 0) is 0 Å². The lowest BCUT2D eigenvalue weighted by Crippen LogP contribution is -2.37. The molecule has 0 fully saturated rings. The zero-order chi connectivity index (χ0) is 12.3. The molecule has 1 aromatic rings. The van der Waals surface area contributed by atoms with Crippen molar-refractivity contribution < 1.29 is 14.3 Å². The Bertz CT molecular complexity index is 420. The molecule has 0 saturated carbocycles. The van der Waals surface area contributed by atoms with Crippen LogP contribution in [0.25, 0.3) is 0 Å². The van der Waals surface area contributed by atoms with Crippen LogP contribution < -0.4 is 20.5 Å². The number of fused-ring (bicyclic) bond motifs is 1. The van der Waals surface area contributed by atoms with Crippen LogP contribution in [0.15, 0.2) is 18.2 Å². The van der Waals surface area contributed by atoms with E-state index in [1.807, 2.05) is 6.92 Å². The zero-order valence-electron chi connectivity index (χ0n) is 9.73. The van der Waals surface area contributed by atoms with Crippen molar-refractivity contribution in [3.8, 4) is 11.5 Å². The Hall–Kier alpha value is -1.75. The van der Waals surface area contributed by atoms with Crippen LogP contribution >= 0.6 is 0 Å². The van der Waals surface area contributed by atoms with Gasteiger partial charge in [-0.1, -0.05) is 0 Å². The second kappa shape index (κ2) is 5.05. The molecule has 1 amide bonds. The Kier molecular flexibility index (Phi) is 3.49. The molecule has 3 N–H and O–H groups in total. The summed E-state index contributed by atoms with van der Waals surface area (Å²) >= 11 is 0. The van der Waals surface area contributed by atoms with Crippen LogP contribution in [0, 0.1) is 0 Å². The predicted molar refractivity (Wildman–Crippen MR) is 63.4 cm³/mol. The minimum atomic E-state index is -0.153. The number of nitrogens with two attached hydrogens (primary N) is 1. The molecule has 0 aliphatic carbocycles. The van der Waals surface area contributed by atoms with Gasteiger partial charge in [0, 0.05) is 18.2 Å². The molecule has 0 saturated heterocycles. The number of benzene rings is 1. The van der Waals surface area contributed by atoms with Gasteiger partial charge < -0.3 is 20.5 Å². The van der Waals surface area contributed by atoms with Crippen LogP contribution in [0.2, 0.25) is 0 Å². The maximum atomic E-state index is 11.8. The molecule has 1 aliphatic heterocycles. The smallest absolute Gasteiger partial charge is 0.251 e. The summed E-state index contributed by atoms with van der Waals surface area (Å²) < 4.78 is 10.8. The fourth-order valence-electron chi connectivity index (χ4n) is 1.55. The highest BCUT2D eigenvalue weighted by Crippen LogP contribution is 2.30. The van der Waals surface area contributed by atoms with E-state index in [4.69, 9.17) is 15.2 Å². The van der Waals surface area contributed by atoms with E-state index >= 15 is 0 Å². The fourth-order valence-corrected chi connectivity index (χ4v) is 1.55. The van der Waals surface area contributed by atoms with Gasteiger partial charge in [0.25, 0.3) is 5.91 Å². The molecule has 0 radical (unpaired) electrons. The third-order valence-electron chi connectivity index (χ3n) is 2.54. The number of ether oxygens (including phenoxy) is 2. The van der Waals surface area contributed by atoms with Gasteiger partial charge in [0.05, 0.1) is 0 Å². The van der Waals surface area contributed by atoms with Crippen molar-refractivity contribution in [3.63, 3.8) is 0 Å². The monoisotopic (exact) mass is 236 g/mol. The standard InChI is InChI=1S/C12H16N2O3/c1-8(7-13)14-12(15)9-2-3-10-11(6-9)17-5-4-16-10/h2-3,6,8H,4-5,7,13H2,1H3,(H,14,15)/t8-/m0/s1. The molecule has 1 atom stereocenters. The van der Waals surface area contributed by atoms with Gasteiger partial charge in [-0.3, -0.25) is 4.79 Å². The third-order valence-corrected chi connectivity index (χ3v) is 2.54. The van der Waals surface area contributed by atoms with Crippen molar-refractivity contribution in [3.05, 3.63) is 23.8 Å². The highest BCUT2D eigenvalue weighted by Gasteiger charge is 2.15. The molecule has 92 valence electrons. The van der Waals surface area contributed by atoms with E-state index in [2.05, 4.69) is 5.32 Å². The van der Waals surface area contributed by atoms with E-state index in [0.29, 0.717) is 36.8 Å². The molecule has 5 nitrogen and oxygen atoms in total. The summed E-state index contributed by atoms with van der Waals surface area (Å²) in [6.07, 6.45) is 0. The molecule has 17 heavy (non-hydrogen) atoms. The quantitative estimate of drug-likeness (QED) is 0.803. The Balaban J connectivity index is 2.13. The van der Waals surface area contributed by atoms with Crippen molar-refractivity contribution in [2.45, 2.75) is 13.0 Å². The number of amides is 1. The van der Waals surface area contributed by atoms with E-state index in [9.17, 15) is 4.79 Å². The molecule has 0 aromatic heterocycles. The van der Waals surface area contributed by atoms with Gasteiger partial charge in [-0.2, -0.15) is 0 Å². The highest BCUT2D eigenvalue weighted by atomic mass is 16.6. The van der Waals surface area contributed by atoms with Gasteiger partial charge in [0.15, 0.2) is 11.5 Å². The zero-order valence-corrected chi connectivity index (χ0v) is 9.73. The van der Waals surface area contributed by atoms with Crippen LogP contribution in [-0.4, -0.2) is 31.7 Å². The molecule has 0 bridgehead atoms. The maximum Gasteiger partial charge on any atom is 0.251 e. The molecule has 1 aromatic carbocycles. The Morgan fingerprint density at radius 1 is 1.41 bits per heavy atom. The van der Waals surface area contributed by atoms with Gasteiger partial charge in [-0.05, 0) is 25.1 Å². The SMILES string of the molecule is C[C@@H](CN)NC(=O)c1ccc2c(c1)OCCO2. The number of carbonyl (C=O) groups excluding carboxylic acids is 1. The lowest BCUT2D eigenvalue weighted by atomic mass is 10.1. The first kappa shape index (κ1) is 11.7. The number of nitrogens with one attached hydrogen (secondary N) is 1. The van der Waals surface area contributed by atoms with E-state index in [0.717, 1.165) is 0 Å². The highest BCUT2D eigenvalue weighted by molar-refractivity contribution is 5.95. The Morgan fingerprint density at radius 2 is 2.12 bits per heavy atom. The van der Waals surface area contributed by atoms with Crippen LogP contribution in [0.4, 0.5) is 0 Å². The van der Waals surface area contributed by atoms with Crippen molar-refractivity contribution in [2.75, 3.05) is 19.8 Å². The first-order valence-electron chi connectivity index (χ1n) is 5.61. The molecular weight excluding hydrogens is 220 g/mol. The van der Waals surface area contributed by atoms with Gasteiger partial charge in [-0.15, -0.1) is 0 Å². The second-order valence-corrected chi connectivity index (χ2v) is 3.97. The van der Waals surface area contributed by atoms with Gasteiger partial charge in [-0.25, -0.2) is 0 Å². The molecule has 5 heteroatoms. The van der Waals surface area contributed by atoms with Crippen molar-refractivity contribution in [1.29, 1.82) is 0 Å². The summed E-state index contributed by atoms with van der Waals surface area (Å²) in [5.74, 6) is 1.14. The van der Waals surface area contributed by atoms with Gasteiger partial charge >= 0.3 is 0 Å². The topological polar surface area (TPSA) is 73.6 Å². The molecule has 0 unspecified atom stereocenters. The summed E-state index contributed by atoms with van der Waals surface area (Å²) in [6, 6.07) is 5.10. The van der Waals surface area contributed by atoms with Crippen LogP contribution in [0.1, 0.15) is 17.3 Å². The average Bonchev–Trinajstić information content (AvgIpc) is 2.38. The number of carbonyl (C=O) groups is 1. The molecule has 0 spiro atoms. The predicted octanol–water partition coefficient (Wildman–Crippen LogP) is 0.535. The number of hydrogen-bond acceptors (Lipinski definition) is 4. The Morgan fingerprint density at radius 3 is 2.82 bits per heavy atom. The average molecular weight is 236 g/mol. The van der Waals surface area contributed by atoms with E-state index in [1.165, 1.54) is 0 Å². The van der Waals surface area contributed by atoms with E-state index in [1.54, 1.807) is 18.2 Å². The summed E-state index contributed by atoms with van der Waals surface area (Å²) in [5, 5.41) is 2.79. The first-order chi connectivity index (χ1) is 8.20. The Labute approximate surface area is 99.9 Å². The van der Waals surface area contributed by atoms with Crippen LogP contribution in [0.3, 0.4) is 0 Å². The lowest BCUT2D eigenvalue weighted by Gasteiger charge is -2.19. The van der Waals surface area contributed by atoms with Gasteiger partial charge in [0.2, 0.25) is 0 Å².